The van der Waals surface area contributed by atoms with Gasteiger partial charge in [0.25, 0.3) is 0 Å². The Morgan fingerprint density at radius 1 is 1.29 bits per heavy atom. The van der Waals surface area contributed by atoms with Gasteiger partial charge in [-0.15, -0.1) is 11.3 Å². The van der Waals surface area contributed by atoms with E-state index in [1.54, 1.807) is 28.9 Å². The molecule has 0 unspecified atom stereocenters. The maximum atomic E-state index is 5.60. The molecular weight excluding hydrogens is 252 g/mol. The molecule has 3 rings (SSSR count). The zero-order chi connectivity index (χ0) is 11.8. The number of nitrogens with zero attached hydrogens (tertiary/aromatic N) is 3. The number of thiazole rings is 2. The van der Waals surface area contributed by atoms with Crippen LogP contribution in [0.3, 0.4) is 0 Å². The van der Waals surface area contributed by atoms with Gasteiger partial charge in [0, 0.05) is 12.7 Å². The van der Waals surface area contributed by atoms with Crippen molar-refractivity contribution in [2.75, 3.05) is 0 Å². The standard InChI is InChI=1S/C11H10N4S2/c1-6-9(16-8(5-12)14-6)11-15-7-3-2-4-13-10(7)17-11/h2-4H,5,12H2,1H3. The fourth-order valence-corrected chi connectivity index (χ4v) is 3.58. The zero-order valence-electron chi connectivity index (χ0n) is 9.17. The molecular formula is C11H10N4S2. The van der Waals surface area contributed by atoms with E-state index in [-0.39, 0.29) is 0 Å². The van der Waals surface area contributed by atoms with Crippen LogP contribution >= 0.6 is 22.7 Å². The Kier molecular flexibility index (Phi) is 2.62. The van der Waals surface area contributed by atoms with E-state index < -0.39 is 0 Å². The summed E-state index contributed by atoms with van der Waals surface area (Å²) in [5, 5.41) is 1.93. The van der Waals surface area contributed by atoms with E-state index in [4.69, 9.17) is 5.73 Å². The molecule has 3 aromatic rings. The maximum absolute atomic E-state index is 5.60. The van der Waals surface area contributed by atoms with E-state index in [0.29, 0.717) is 6.54 Å². The Balaban J connectivity index is 2.16. The minimum Gasteiger partial charge on any atom is -0.325 e. The lowest BCUT2D eigenvalue weighted by Crippen LogP contribution is -1.94. The lowest BCUT2D eigenvalue weighted by molar-refractivity contribution is 1.02. The second-order valence-corrected chi connectivity index (χ2v) is 5.63. The fourth-order valence-electron chi connectivity index (χ4n) is 1.61. The van der Waals surface area contributed by atoms with Crippen LogP contribution in [0.25, 0.3) is 20.2 Å². The van der Waals surface area contributed by atoms with Crippen LogP contribution in [0.5, 0.6) is 0 Å². The molecule has 0 atom stereocenters. The van der Waals surface area contributed by atoms with Gasteiger partial charge in [0.1, 0.15) is 20.4 Å². The van der Waals surface area contributed by atoms with E-state index >= 15 is 0 Å². The zero-order valence-corrected chi connectivity index (χ0v) is 10.8. The van der Waals surface area contributed by atoms with E-state index in [9.17, 15) is 0 Å². The molecule has 0 fully saturated rings. The summed E-state index contributed by atoms with van der Waals surface area (Å²) in [6, 6.07) is 3.87. The molecule has 17 heavy (non-hydrogen) atoms. The Morgan fingerprint density at radius 2 is 2.18 bits per heavy atom. The number of hydrogen-bond acceptors (Lipinski definition) is 6. The van der Waals surface area contributed by atoms with Crippen molar-refractivity contribution in [3.05, 3.63) is 29.0 Å². The minimum atomic E-state index is 0.481. The average Bonchev–Trinajstić information content (AvgIpc) is 2.91. The molecule has 6 heteroatoms. The van der Waals surface area contributed by atoms with Gasteiger partial charge in [-0.05, 0) is 19.1 Å². The topological polar surface area (TPSA) is 64.7 Å². The van der Waals surface area contributed by atoms with Crippen LogP contribution < -0.4 is 5.73 Å². The molecule has 4 nitrogen and oxygen atoms in total. The summed E-state index contributed by atoms with van der Waals surface area (Å²) in [5.74, 6) is 0. The molecule has 0 aliphatic rings. The average molecular weight is 262 g/mol. The first-order valence-corrected chi connectivity index (χ1v) is 6.79. The lowest BCUT2D eigenvalue weighted by Gasteiger charge is -1.88. The van der Waals surface area contributed by atoms with Crippen LogP contribution in [0.15, 0.2) is 18.3 Å². The van der Waals surface area contributed by atoms with Gasteiger partial charge in [-0.2, -0.15) is 0 Å². The molecule has 3 aromatic heterocycles. The third kappa shape index (κ3) is 1.84. The number of pyridine rings is 1. The van der Waals surface area contributed by atoms with Crippen molar-refractivity contribution in [3.63, 3.8) is 0 Å². The van der Waals surface area contributed by atoms with Gasteiger partial charge in [0.05, 0.1) is 10.6 Å². The Morgan fingerprint density at radius 3 is 2.88 bits per heavy atom. The summed E-state index contributed by atoms with van der Waals surface area (Å²) in [4.78, 5) is 15.4. The summed E-state index contributed by atoms with van der Waals surface area (Å²) >= 11 is 3.21. The van der Waals surface area contributed by atoms with Gasteiger partial charge in [-0.1, -0.05) is 11.3 Å². The van der Waals surface area contributed by atoms with Gasteiger partial charge in [0.15, 0.2) is 0 Å². The highest BCUT2D eigenvalue weighted by atomic mass is 32.1. The summed E-state index contributed by atoms with van der Waals surface area (Å²) in [6.07, 6.45) is 1.79. The summed E-state index contributed by atoms with van der Waals surface area (Å²) < 4.78 is 0. The molecule has 2 N–H and O–H groups in total. The van der Waals surface area contributed by atoms with Crippen molar-refractivity contribution in [1.29, 1.82) is 0 Å². The number of aryl methyl sites for hydroxylation is 1. The predicted molar refractivity (Wildman–Crippen MR) is 71.2 cm³/mol. The fraction of sp³-hybridized carbons (Fsp3) is 0.182. The van der Waals surface area contributed by atoms with Crippen LogP contribution in [-0.2, 0) is 6.54 Å². The van der Waals surface area contributed by atoms with Crippen molar-refractivity contribution in [2.45, 2.75) is 13.5 Å². The second kappa shape index (κ2) is 4.14. The van der Waals surface area contributed by atoms with E-state index in [2.05, 4.69) is 15.0 Å². The molecule has 0 amide bonds. The van der Waals surface area contributed by atoms with Crippen molar-refractivity contribution < 1.29 is 0 Å². The third-order valence-electron chi connectivity index (χ3n) is 2.38. The molecule has 0 saturated heterocycles. The van der Waals surface area contributed by atoms with Crippen LogP contribution in [0.1, 0.15) is 10.7 Å². The summed E-state index contributed by atoms with van der Waals surface area (Å²) in [6.45, 7) is 2.47. The van der Waals surface area contributed by atoms with E-state index in [1.165, 1.54) is 0 Å². The van der Waals surface area contributed by atoms with Gasteiger partial charge in [-0.25, -0.2) is 15.0 Å². The number of rotatable bonds is 2. The van der Waals surface area contributed by atoms with Crippen LogP contribution in [-0.4, -0.2) is 15.0 Å². The quantitative estimate of drug-likeness (QED) is 0.771. The molecule has 0 radical (unpaired) electrons. The molecule has 0 saturated carbocycles. The highest BCUT2D eigenvalue weighted by Gasteiger charge is 2.13. The first-order valence-electron chi connectivity index (χ1n) is 5.16. The molecule has 0 spiro atoms. The summed E-state index contributed by atoms with van der Waals surface area (Å²) in [7, 11) is 0. The van der Waals surface area contributed by atoms with Gasteiger partial charge >= 0.3 is 0 Å². The van der Waals surface area contributed by atoms with E-state index in [1.807, 2.05) is 19.1 Å². The lowest BCUT2D eigenvalue weighted by atomic mass is 10.4. The smallest absolute Gasteiger partial charge is 0.143 e. The van der Waals surface area contributed by atoms with Crippen LogP contribution in [0.4, 0.5) is 0 Å². The SMILES string of the molecule is Cc1nc(CN)sc1-c1nc2cccnc2s1. The third-order valence-corrected chi connectivity index (χ3v) is 4.69. The summed E-state index contributed by atoms with van der Waals surface area (Å²) in [5.41, 5.74) is 7.54. The molecule has 0 bridgehead atoms. The van der Waals surface area contributed by atoms with Crippen molar-refractivity contribution in [3.8, 4) is 9.88 Å². The number of aromatic nitrogens is 3. The van der Waals surface area contributed by atoms with Crippen molar-refractivity contribution in [2.24, 2.45) is 5.73 Å². The van der Waals surface area contributed by atoms with E-state index in [0.717, 1.165) is 30.9 Å². The number of fused-ring (bicyclic) bond motifs is 1. The largest absolute Gasteiger partial charge is 0.325 e. The van der Waals surface area contributed by atoms with Crippen LogP contribution in [0.2, 0.25) is 0 Å². The van der Waals surface area contributed by atoms with Gasteiger partial charge in [-0.3, -0.25) is 0 Å². The Labute approximate surface area is 106 Å². The normalized spacial score (nSPS) is 11.2. The highest BCUT2D eigenvalue weighted by molar-refractivity contribution is 7.25. The maximum Gasteiger partial charge on any atom is 0.143 e. The number of hydrogen-bond donors (Lipinski definition) is 1. The highest BCUT2D eigenvalue weighted by Crippen LogP contribution is 2.34. The number of nitrogens with two attached hydrogens (primary N) is 1. The monoisotopic (exact) mass is 262 g/mol. The minimum absolute atomic E-state index is 0.481. The van der Waals surface area contributed by atoms with Crippen molar-refractivity contribution in [1.82, 2.24) is 15.0 Å². The molecule has 3 heterocycles. The first kappa shape index (κ1) is 10.8. The first-order chi connectivity index (χ1) is 8.28. The van der Waals surface area contributed by atoms with Gasteiger partial charge in [0.2, 0.25) is 0 Å². The van der Waals surface area contributed by atoms with Crippen molar-refractivity contribution >= 4 is 33.0 Å². The molecule has 0 aliphatic heterocycles. The second-order valence-electron chi connectivity index (χ2n) is 3.57. The Hall–Kier alpha value is -1.37. The van der Waals surface area contributed by atoms with Gasteiger partial charge < -0.3 is 5.73 Å². The molecule has 86 valence electrons. The predicted octanol–water partition coefficient (Wildman–Crippen LogP) is 2.58. The molecule has 0 aromatic carbocycles. The Bertz CT molecular complexity index is 638. The molecule has 0 aliphatic carbocycles. The van der Waals surface area contributed by atoms with Crippen LogP contribution in [0, 0.1) is 6.92 Å².